The van der Waals surface area contributed by atoms with Crippen molar-refractivity contribution in [3.05, 3.63) is 24.3 Å². The summed E-state index contributed by atoms with van der Waals surface area (Å²) in [6, 6.07) is 7.16. The Kier molecular flexibility index (Phi) is 5.03. The third kappa shape index (κ3) is 3.99. The summed E-state index contributed by atoms with van der Waals surface area (Å²) in [6.07, 6.45) is 0.246. The second-order valence-electron chi connectivity index (χ2n) is 6.77. The van der Waals surface area contributed by atoms with Crippen LogP contribution in [0.2, 0.25) is 0 Å². The number of carbonyl (C=O) groups is 3. The molecular weight excluding hydrogens is 320 g/mol. The summed E-state index contributed by atoms with van der Waals surface area (Å²) < 4.78 is 0. The van der Waals surface area contributed by atoms with E-state index in [9.17, 15) is 14.4 Å². The van der Waals surface area contributed by atoms with Crippen LogP contribution in [0.5, 0.6) is 0 Å². The van der Waals surface area contributed by atoms with Crippen LogP contribution >= 0.6 is 0 Å². The monoisotopic (exact) mass is 344 g/mol. The summed E-state index contributed by atoms with van der Waals surface area (Å²) in [5, 5.41) is 2.72. The zero-order valence-corrected chi connectivity index (χ0v) is 14.7. The van der Waals surface area contributed by atoms with Crippen LogP contribution < -0.4 is 10.2 Å². The Morgan fingerprint density at radius 1 is 1.16 bits per heavy atom. The second-order valence-corrected chi connectivity index (χ2v) is 6.77. The maximum Gasteiger partial charge on any atom is 0.228 e. The maximum absolute atomic E-state index is 12.7. The van der Waals surface area contributed by atoms with Crippen molar-refractivity contribution in [1.29, 1.82) is 0 Å². The first-order chi connectivity index (χ1) is 11.9. The fourth-order valence-electron chi connectivity index (χ4n) is 3.36. The molecule has 0 bridgehead atoms. The quantitative estimate of drug-likeness (QED) is 0.879. The molecule has 7 nitrogen and oxygen atoms in total. The van der Waals surface area contributed by atoms with E-state index in [0.717, 1.165) is 26.2 Å². The normalized spacial score (nSPS) is 21.5. The summed E-state index contributed by atoms with van der Waals surface area (Å²) in [6.45, 7) is 5.02. The average Bonchev–Trinajstić information content (AvgIpc) is 2.96. The first-order valence-corrected chi connectivity index (χ1v) is 8.59. The number of nitrogens with one attached hydrogen (secondary N) is 1. The number of hydrogen-bond acceptors (Lipinski definition) is 4. The fraction of sp³-hybridized carbons (Fsp3) is 0.500. The third-order valence-corrected chi connectivity index (χ3v) is 4.77. The van der Waals surface area contributed by atoms with E-state index in [-0.39, 0.29) is 30.1 Å². The van der Waals surface area contributed by atoms with Crippen LogP contribution in [0.4, 0.5) is 11.4 Å². The first kappa shape index (κ1) is 17.4. The zero-order valence-electron chi connectivity index (χ0n) is 14.7. The van der Waals surface area contributed by atoms with Crippen molar-refractivity contribution in [1.82, 2.24) is 9.80 Å². The molecule has 134 valence electrons. The molecule has 1 N–H and O–H groups in total. The van der Waals surface area contributed by atoms with Crippen LogP contribution in [-0.2, 0) is 14.4 Å². The lowest BCUT2D eigenvalue weighted by Gasteiger charge is -2.33. The van der Waals surface area contributed by atoms with Gasteiger partial charge in [-0.2, -0.15) is 0 Å². The lowest BCUT2D eigenvalue weighted by atomic mass is 10.1. The molecule has 1 unspecified atom stereocenters. The molecular formula is C18H24N4O3. The van der Waals surface area contributed by atoms with E-state index in [1.54, 1.807) is 23.1 Å². The van der Waals surface area contributed by atoms with Crippen LogP contribution in [0, 0.1) is 5.92 Å². The highest BCUT2D eigenvalue weighted by Gasteiger charge is 2.37. The second kappa shape index (κ2) is 7.23. The van der Waals surface area contributed by atoms with Crippen LogP contribution in [0.15, 0.2) is 24.3 Å². The summed E-state index contributed by atoms with van der Waals surface area (Å²) in [5.74, 6) is -0.428. The standard InChI is InChI=1S/C18H24N4O3/c1-13(23)19-15-4-3-5-16(11-15)22-12-14(10-17(22)24)18(25)21-8-6-20(2)7-9-21/h3-5,11,14H,6-10,12H2,1-2H3,(H,19,23). The van der Waals surface area contributed by atoms with E-state index in [1.807, 2.05) is 18.0 Å². The molecule has 0 aliphatic carbocycles. The van der Waals surface area contributed by atoms with Gasteiger partial charge in [0.1, 0.15) is 0 Å². The van der Waals surface area contributed by atoms with Crippen LogP contribution in [0.3, 0.4) is 0 Å². The highest BCUT2D eigenvalue weighted by atomic mass is 16.2. The highest BCUT2D eigenvalue weighted by Crippen LogP contribution is 2.28. The number of rotatable bonds is 3. The molecule has 25 heavy (non-hydrogen) atoms. The molecule has 1 aromatic carbocycles. The highest BCUT2D eigenvalue weighted by molar-refractivity contribution is 6.01. The fourth-order valence-corrected chi connectivity index (χ4v) is 3.36. The van der Waals surface area contributed by atoms with Gasteiger partial charge in [0.2, 0.25) is 17.7 Å². The lowest BCUT2D eigenvalue weighted by Crippen LogP contribution is -2.49. The zero-order chi connectivity index (χ0) is 18.0. The Balaban J connectivity index is 1.68. The summed E-state index contributed by atoms with van der Waals surface area (Å²) in [7, 11) is 2.05. The Morgan fingerprint density at radius 2 is 1.88 bits per heavy atom. The molecule has 0 radical (unpaired) electrons. The van der Waals surface area contributed by atoms with E-state index in [2.05, 4.69) is 10.2 Å². The Bertz CT molecular complexity index is 683. The topological polar surface area (TPSA) is 73.0 Å². The van der Waals surface area contributed by atoms with Gasteiger partial charge in [-0.25, -0.2) is 0 Å². The summed E-state index contributed by atoms with van der Waals surface area (Å²) in [4.78, 5) is 42.0. The molecule has 7 heteroatoms. The van der Waals surface area contributed by atoms with Gasteiger partial charge in [-0.15, -0.1) is 0 Å². The Labute approximate surface area is 147 Å². The molecule has 0 spiro atoms. The van der Waals surface area contributed by atoms with Gasteiger partial charge < -0.3 is 20.0 Å². The van der Waals surface area contributed by atoms with Crippen molar-refractivity contribution in [3.63, 3.8) is 0 Å². The van der Waals surface area contributed by atoms with E-state index in [1.165, 1.54) is 6.92 Å². The summed E-state index contributed by atoms with van der Waals surface area (Å²) >= 11 is 0. The molecule has 2 aliphatic heterocycles. The van der Waals surface area contributed by atoms with Gasteiger partial charge in [-0.1, -0.05) is 6.07 Å². The van der Waals surface area contributed by atoms with Crippen LogP contribution in [0.1, 0.15) is 13.3 Å². The van der Waals surface area contributed by atoms with Crippen molar-refractivity contribution >= 4 is 29.1 Å². The molecule has 0 aromatic heterocycles. The average molecular weight is 344 g/mol. The Hall–Kier alpha value is -2.41. The number of carbonyl (C=O) groups excluding carboxylic acids is 3. The first-order valence-electron chi connectivity index (χ1n) is 8.59. The van der Waals surface area contributed by atoms with Gasteiger partial charge in [-0.3, -0.25) is 14.4 Å². The molecule has 0 saturated carbocycles. The van der Waals surface area contributed by atoms with Gasteiger partial charge >= 0.3 is 0 Å². The molecule has 1 atom stereocenters. The number of hydrogen-bond donors (Lipinski definition) is 1. The van der Waals surface area contributed by atoms with Crippen LogP contribution in [-0.4, -0.2) is 67.3 Å². The molecule has 2 saturated heterocycles. The lowest BCUT2D eigenvalue weighted by molar-refractivity contribution is -0.137. The minimum Gasteiger partial charge on any atom is -0.340 e. The van der Waals surface area contributed by atoms with E-state index in [4.69, 9.17) is 0 Å². The van der Waals surface area contributed by atoms with Gasteiger partial charge in [0, 0.05) is 57.4 Å². The predicted octanol–water partition coefficient (Wildman–Crippen LogP) is 0.772. The predicted molar refractivity (Wildman–Crippen MR) is 95.3 cm³/mol. The van der Waals surface area contributed by atoms with Crippen molar-refractivity contribution < 1.29 is 14.4 Å². The smallest absolute Gasteiger partial charge is 0.228 e. The molecule has 3 rings (SSSR count). The van der Waals surface area contributed by atoms with Gasteiger partial charge in [0.25, 0.3) is 0 Å². The van der Waals surface area contributed by atoms with Crippen LogP contribution in [0.25, 0.3) is 0 Å². The number of anilines is 2. The largest absolute Gasteiger partial charge is 0.340 e. The maximum atomic E-state index is 12.7. The number of piperazine rings is 1. The van der Waals surface area contributed by atoms with E-state index >= 15 is 0 Å². The number of amides is 3. The van der Waals surface area contributed by atoms with Gasteiger partial charge in [-0.05, 0) is 25.2 Å². The van der Waals surface area contributed by atoms with E-state index in [0.29, 0.717) is 17.9 Å². The molecule has 1 aromatic rings. The molecule has 2 fully saturated rings. The number of nitrogens with zero attached hydrogens (tertiary/aromatic N) is 3. The third-order valence-electron chi connectivity index (χ3n) is 4.77. The SMILES string of the molecule is CC(=O)Nc1cccc(N2CC(C(=O)N3CCN(C)CC3)CC2=O)c1. The van der Waals surface area contributed by atoms with E-state index < -0.39 is 0 Å². The van der Waals surface area contributed by atoms with Gasteiger partial charge in [0.15, 0.2) is 0 Å². The van der Waals surface area contributed by atoms with Crippen molar-refractivity contribution in [2.24, 2.45) is 5.92 Å². The molecule has 2 aliphatic rings. The minimum atomic E-state index is -0.291. The number of likely N-dealkylation sites (N-methyl/N-ethyl adjacent to an activating group) is 1. The van der Waals surface area contributed by atoms with Gasteiger partial charge in [0.05, 0.1) is 5.92 Å². The van der Waals surface area contributed by atoms with Crippen molar-refractivity contribution in [3.8, 4) is 0 Å². The Morgan fingerprint density at radius 3 is 2.56 bits per heavy atom. The molecule has 3 amide bonds. The minimum absolute atomic E-state index is 0.0487. The summed E-state index contributed by atoms with van der Waals surface area (Å²) in [5.41, 5.74) is 1.36. The number of benzene rings is 1. The molecule has 2 heterocycles. The van der Waals surface area contributed by atoms with Crippen molar-refractivity contribution in [2.45, 2.75) is 13.3 Å². The van der Waals surface area contributed by atoms with Crippen molar-refractivity contribution in [2.75, 3.05) is 50.0 Å².